The highest BCUT2D eigenvalue weighted by Crippen LogP contribution is 2.29. The summed E-state index contributed by atoms with van der Waals surface area (Å²) in [6.45, 7) is 10.4. The van der Waals surface area contributed by atoms with Gasteiger partial charge in [0.25, 0.3) is 0 Å². The van der Waals surface area contributed by atoms with Gasteiger partial charge in [-0.25, -0.2) is 0 Å². The van der Waals surface area contributed by atoms with Crippen LogP contribution in [0.25, 0.3) is 0 Å². The highest BCUT2D eigenvalue weighted by atomic mass is 15.2. The van der Waals surface area contributed by atoms with E-state index in [-0.39, 0.29) is 5.54 Å². The molecule has 1 heterocycles. The van der Waals surface area contributed by atoms with Gasteiger partial charge in [0, 0.05) is 18.3 Å². The molecule has 0 saturated carbocycles. The maximum absolute atomic E-state index is 9.26. The third-order valence-electron chi connectivity index (χ3n) is 3.55. The SMILES string of the molecule is CCC(C)(C)N(C)c1cc(C)nc(C)c1C#N. The number of aryl methyl sites for hydroxylation is 2. The van der Waals surface area contributed by atoms with Crippen molar-refractivity contribution >= 4 is 5.69 Å². The molecule has 0 radical (unpaired) electrons. The van der Waals surface area contributed by atoms with Crippen molar-refractivity contribution in [3.63, 3.8) is 0 Å². The third-order valence-corrected chi connectivity index (χ3v) is 3.55. The molecule has 1 aromatic rings. The summed E-state index contributed by atoms with van der Waals surface area (Å²) in [5, 5.41) is 9.26. The Kier molecular flexibility index (Phi) is 3.77. The Bertz CT molecular complexity index is 455. The van der Waals surface area contributed by atoms with Crippen LogP contribution in [-0.4, -0.2) is 17.6 Å². The maximum Gasteiger partial charge on any atom is 0.103 e. The second-order valence-corrected chi connectivity index (χ2v) is 5.08. The molecule has 3 heteroatoms. The summed E-state index contributed by atoms with van der Waals surface area (Å²) in [4.78, 5) is 6.52. The van der Waals surface area contributed by atoms with Gasteiger partial charge in [-0.1, -0.05) is 6.92 Å². The summed E-state index contributed by atoms with van der Waals surface area (Å²) in [5.41, 5.74) is 3.45. The molecule has 0 spiro atoms. The Balaban J connectivity index is 3.36. The third kappa shape index (κ3) is 2.58. The van der Waals surface area contributed by atoms with Crippen LogP contribution in [0.5, 0.6) is 0 Å². The van der Waals surface area contributed by atoms with Gasteiger partial charge in [0.1, 0.15) is 6.07 Å². The number of nitrogens with zero attached hydrogens (tertiary/aromatic N) is 3. The van der Waals surface area contributed by atoms with E-state index >= 15 is 0 Å². The topological polar surface area (TPSA) is 39.9 Å². The molecule has 1 aromatic heterocycles. The molecular formula is C14H21N3. The van der Waals surface area contributed by atoms with E-state index in [0.29, 0.717) is 5.56 Å². The molecular weight excluding hydrogens is 210 g/mol. The number of pyridine rings is 1. The van der Waals surface area contributed by atoms with Gasteiger partial charge in [-0.05, 0) is 40.2 Å². The van der Waals surface area contributed by atoms with Crippen LogP contribution in [0.4, 0.5) is 5.69 Å². The van der Waals surface area contributed by atoms with Gasteiger partial charge in [0.15, 0.2) is 0 Å². The molecule has 0 aliphatic carbocycles. The zero-order valence-corrected chi connectivity index (χ0v) is 11.6. The highest BCUT2D eigenvalue weighted by molar-refractivity contribution is 5.62. The lowest BCUT2D eigenvalue weighted by Gasteiger charge is -2.37. The number of aromatic nitrogens is 1. The van der Waals surface area contributed by atoms with Crippen LogP contribution in [-0.2, 0) is 0 Å². The van der Waals surface area contributed by atoms with Gasteiger partial charge in [-0.15, -0.1) is 0 Å². The van der Waals surface area contributed by atoms with Crippen molar-refractivity contribution in [1.29, 1.82) is 5.26 Å². The monoisotopic (exact) mass is 231 g/mol. The summed E-state index contributed by atoms with van der Waals surface area (Å²) in [6, 6.07) is 4.25. The number of anilines is 1. The van der Waals surface area contributed by atoms with Crippen LogP contribution in [0.15, 0.2) is 6.07 Å². The van der Waals surface area contributed by atoms with E-state index in [9.17, 15) is 5.26 Å². The average Bonchev–Trinajstić information content (AvgIpc) is 2.27. The summed E-state index contributed by atoms with van der Waals surface area (Å²) >= 11 is 0. The molecule has 0 N–H and O–H groups in total. The number of nitriles is 1. The Labute approximate surface area is 104 Å². The fourth-order valence-corrected chi connectivity index (χ4v) is 1.77. The van der Waals surface area contributed by atoms with Crippen LogP contribution in [0, 0.1) is 25.2 Å². The van der Waals surface area contributed by atoms with Crippen LogP contribution in [0.2, 0.25) is 0 Å². The lowest BCUT2D eigenvalue weighted by Crippen LogP contribution is -2.41. The summed E-state index contributed by atoms with van der Waals surface area (Å²) in [7, 11) is 2.04. The van der Waals surface area contributed by atoms with E-state index in [2.05, 4.69) is 36.7 Å². The highest BCUT2D eigenvalue weighted by Gasteiger charge is 2.24. The van der Waals surface area contributed by atoms with Crippen molar-refractivity contribution in [3.8, 4) is 6.07 Å². The van der Waals surface area contributed by atoms with Gasteiger partial charge >= 0.3 is 0 Å². The fourth-order valence-electron chi connectivity index (χ4n) is 1.77. The molecule has 0 aliphatic rings. The predicted molar refractivity (Wildman–Crippen MR) is 71.2 cm³/mol. The summed E-state index contributed by atoms with van der Waals surface area (Å²) in [5.74, 6) is 0. The molecule has 92 valence electrons. The first-order valence-corrected chi connectivity index (χ1v) is 5.95. The Morgan fingerprint density at radius 2 is 2.00 bits per heavy atom. The molecule has 3 nitrogen and oxygen atoms in total. The fraction of sp³-hybridized carbons (Fsp3) is 0.571. The van der Waals surface area contributed by atoms with E-state index < -0.39 is 0 Å². The molecule has 0 amide bonds. The second-order valence-electron chi connectivity index (χ2n) is 5.08. The summed E-state index contributed by atoms with van der Waals surface area (Å²) < 4.78 is 0. The van der Waals surface area contributed by atoms with E-state index in [1.165, 1.54) is 0 Å². The minimum absolute atomic E-state index is 0.0336. The van der Waals surface area contributed by atoms with Crippen molar-refractivity contribution in [2.75, 3.05) is 11.9 Å². The average molecular weight is 231 g/mol. The molecule has 0 saturated heterocycles. The van der Waals surface area contributed by atoms with Crippen molar-refractivity contribution in [1.82, 2.24) is 4.98 Å². The largest absolute Gasteiger partial charge is 0.368 e. The van der Waals surface area contributed by atoms with Gasteiger partial charge < -0.3 is 4.90 Å². The van der Waals surface area contributed by atoms with E-state index in [1.807, 2.05) is 27.0 Å². The minimum atomic E-state index is 0.0336. The normalized spacial score (nSPS) is 11.1. The van der Waals surface area contributed by atoms with Gasteiger partial charge in [-0.2, -0.15) is 5.26 Å². The van der Waals surface area contributed by atoms with Gasteiger partial charge in [-0.3, -0.25) is 4.98 Å². The molecule has 0 aromatic carbocycles. The number of rotatable bonds is 3. The molecule has 0 fully saturated rings. The van der Waals surface area contributed by atoms with E-state index in [1.54, 1.807) is 0 Å². The lowest BCUT2D eigenvalue weighted by atomic mass is 9.98. The molecule has 0 atom stereocenters. The van der Waals surface area contributed by atoms with E-state index in [4.69, 9.17) is 0 Å². The van der Waals surface area contributed by atoms with Crippen molar-refractivity contribution < 1.29 is 0 Å². The Hall–Kier alpha value is -1.56. The Morgan fingerprint density at radius 1 is 1.41 bits per heavy atom. The molecule has 0 bridgehead atoms. The number of hydrogen-bond acceptors (Lipinski definition) is 3. The van der Waals surface area contributed by atoms with E-state index in [0.717, 1.165) is 23.5 Å². The maximum atomic E-state index is 9.26. The predicted octanol–water partition coefficient (Wildman–Crippen LogP) is 3.19. The van der Waals surface area contributed by atoms with Crippen LogP contribution in [0.3, 0.4) is 0 Å². The standard InChI is InChI=1S/C14H21N3/c1-7-14(4,5)17(6)13-8-10(2)16-11(3)12(13)9-15/h8H,7H2,1-6H3. The van der Waals surface area contributed by atoms with Crippen molar-refractivity contribution in [2.45, 2.75) is 46.6 Å². The minimum Gasteiger partial charge on any atom is -0.368 e. The van der Waals surface area contributed by atoms with Gasteiger partial charge in [0.05, 0.1) is 16.9 Å². The number of hydrogen-bond donors (Lipinski definition) is 0. The molecule has 17 heavy (non-hydrogen) atoms. The summed E-state index contributed by atoms with van der Waals surface area (Å²) in [6.07, 6.45) is 1.02. The molecule has 0 aliphatic heterocycles. The lowest BCUT2D eigenvalue weighted by molar-refractivity contribution is 0.470. The van der Waals surface area contributed by atoms with Crippen molar-refractivity contribution in [3.05, 3.63) is 23.0 Å². The van der Waals surface area contributed by atoms with Crippen LogP contribution < -0.4 is 4.90 Å². The van der Waals surface area contributed by atoms with Crippen molar-refractivity contribution in [2.24, 2.45) is 0 Å². The van der Waals surface area contributed by atoms with Gasteiger partial charge in [0.2, 0.25) is 0 Å². The van der Waals surface area contributed by atoms with Crippen LogP contribution in [0.1, 0.15) is 44.1 Å². The first-order chi connectivity index (χ1) is 7.83. The first-order valence-electron chi connectivity index (χ1n) is 5.95. The van der Waals surface area contributed by atoms with Crippen LogP contribution >= 0.6 is 0 Å². The second kappa shape index (κ2) is 4.75. The zero-order chi connectivity index (χ0) is 13.2. The first kappa shape index (κ1) is 13.5. The molecule has 1 rings (SSSR count). The Morgan fingerprint density at radius 3 is 2.47 bits per heavy atom. The quantitative estimate of drug-likeness (QED) is 0.802. The smallest absolute Gasteiger partial charge is 0.103 e. The molecule has 0 unspecified atom stereocenters. The zero-order valence-electron chi connectivity index (χ0n) is 11.6.